The Balaban J connectivity index is 1.51. The van der Waals surface area contributed by atoms with Crippen LogP contribution in [0.3, 0.4) is 0 Å². The van der Waals surface area contributed by atoms with E-state index < -0.39 is 0 Å². The third kappa shape index (κ3) is 5.11. The molecule has 0 spiro atoms. The van der Waals surface area contributed by atoms with Gasteiger partial charge in [-0.25, -0.2) is 0 Å². The third-order valence-corrected chi connectivity index (χ3v) is 4.76. The largest absolute Gasteiger partial charge is 0.381 e. The van der Waals surface area contributed by atoms with E-state index in [2.05, 4.69) is 115 Å². The minimum absolute atomic E-state index is 0.818. The van der Waals surface area contributed by atoms with Gasteiger partial charge in [-0.1, -0.05) is 56.1 Å². The molecule has 2 nitrogen and oxygen atoms in total. The molecule has 0 unspecified atom stereocenters. The van der Waals surface area contributed by atoms with Crippen molar-refractivity contribution in [3.8, 4) is 0 Å². The molecule has 0 aliphatic heterocycles. The van der Waals surface area contributed by atoms with Crippen molar-refractivity contribution in [3.63, 3.8) is 0 Å². The quantitative estimate of drug-likeness (QED) is 0.456. The van der Waals surface area contributed by atoms with Crippen LogP contribution >= 0.6 is 31.9 Å². The Kier molecular flexibility index (Phi) is 5.94. The van der Waals surface area contributed by atoms with E-state index in [-0.39, 0.29) is 0 Å². The van der Waals surface area contributed by atoms with Crippen LogP contribution in [-0.2, 0) is 13.1 Å². The first-order chi connectivity index (χ1) is 11.7. The average molecular weight is 446 g/mol. The molecule has 0 saturated heterocycles. The summed E-state index contributed by atoms with van der Waals surface area (Å²) in [5, 5.41) is 6.88. The minimum atomic E-state index is 0.818. The van der Waals surface area contributed by atoms with Gasteiger partial charge in [0, 0.05) is 33.4 Å². The summed E-state index contributed by atoms with van der Waals surface area (Å²) < 4.78 is 2.21. The van der Waals surface area contributed by atoms with Crippen molar-refractivity contribution >= 4 is 43.2 Å². The van der Waals surface area contributed by atoms with Gasteiger partial charge in [0.2, 0.25) is 0 Å². The molecule has 0 aliphatic carbocycles. The van der Waals surface area contributed by atoms with Crippen LogP contribution in [0.25, 0.3) is 0 Å². The fraction of sp³-hybridized carbons (Fsp3) is 0.100. The van der Waals surface area contributed by atoms with Crippen molar-refractivity contribution in [3.05, 3.63) is 92.9 Å². The number of hydrogen-bond donors (Lipinski definition) is 2. The summed E-state index contributed by atoms with van der Waals surface area (Å²) in [5.41, 5.74) is 4.76. The van der Waals surface area contributed by atoms with E-state index in [9.17, 15) is 0 Å². The van der Waals surface area contributed by atoms with E-state index in [1.54, 1.807) is 0 Å². The summed E-state index contributed by atoms with van der Waals surface area (Å²) in [6, 6.07) is 25.1. The molecule has 3 aromatic carbocycles. The van der Waals surface area contributed by atoms with Crippen LogP contribution in [0.2, 0.25) is 0 Å². The topological polar surface area (TPSA) is 24.1 Å². The number of anilines is 2. The first-order valence-corrected chi connectivity index (χ1v) is 9.34. The van der Waals surface area contributed by atoms with Gasteiger partial charge in [-0.3, -0.25) is 0 Å². The van der Waals surface area contributed by atoms with E-state index in [1.165, 1.54) is 11.1 Å². The molecule has 0 amide bonds. The maximum Gasteiger partial charge on any atom is 0.0400 e. The molecule has 0 aromatic heterocycles. The van der Waals surface area contributed by atoms with Crippen molar-refractivity contribution in [1.82, 2.24) is 0 Å². The Morgan fingerprint density at radius 3 is 1.17 bits per heavy atom. The van der Waals surface area contributed by atoms with Gasteiger partial charge in [0.15, 0.2) is 0 Å². The molecule has 0 fully saturated rings. The van der Waals surface area contributed by atoms with Gasteiger partial charge in [0.25, 0.3) is 0 Å². The zero-order chi connectivity index (χ0) is 16.8. The average Bonchev–Trinajstić information content (AvgIpc) is 2.62. The molecule has 2 N–H and O–H groups in total. The molecule has 0 aliphatic rings. The Morgan fingerprint density at radius 2 is 0.833 bits per heavy atom. The van der Waals surface area contributed by atoms with E-state index in [0.29, 0.717) is 0 Å². The van der Waals surface area contributed by atoms with Crippen molar-refractivity contribution < 1.29 is 0 Å². The van der Waals surface area contributed by atoms with E-state index in [1.807, 2.05) is 0 Å². The highest BCUT2D eigenvalue weighted by atomic mass is 79.9. The molecule has 122 valence electrons. The van der Waals surface area contributed by atoms with Gasteiger partial charge in [-0.15, -0.1) is 0 Å². The maximum atomic E-state index is 3.45. The smallest absolute Gasteiger partial charge is 0.0400 e. The number of benzene rings is 3. The second-order valence-corrected chi connectivity index (χ2v) is 7.37. The molecular weight excluding hydrogens is 428 g/mol. The van der Waals surface area contributed by atoms with Crippen molar-refractivity contribution in [1.29, 1.82) is 0 Å². The minimum Gasteiger partial charge on any atom is -0.381 e. The van der Waals surface area contributed by atoms with Crippen LogP contribution in [-0.4, -0.2) is 0 Å². The number of halogens is 2. The fourth-order valence-electron chi connectivity index (χ4n) is 2.32. The molecule has 3 rings (SSSR count). The molecule has 0 saturated carbocycles. The molecule has 0 heterocycles. The lowest BCUT2D eigenvalue weighted by atomic mass is 10.2. The molecule has 0 atom stereocenters. The summed E-state index contributed by atoms with van der Waals surface area (Å²) >= 11 is 6.91. The summed E-state index contributed by atoms with van der Waals surface area (Å²) in [5.74, 6) is 0. The molecule has 0 radical (unpaired) electrons. The van der Waals surface area contributed by atoms with Crippen LogP contribution in [0, 0.1) is 0 Å². The maximum absolute atomic E-state index is 3.45. The summed E-state index contributed by atoms with van der Waals surface area (Å²) in [6.45, 7) is 1.64. The monoisotopic (exact) mass is 444 g/mol. The zero-order valence-corrected chi connectivity index (χ0v) is 16.3. The SMILES string of the molecule is Brc1ccc(CNc2ccc(NCc3ccc(Br)cc3)cc2)cc1. The Morgan fingerprint density at radius 1 is 0.500 bits per heavy atom. The lowest BCUT2D eigenvalue weighted by Gasteiger charge is -2.10. The van der Waals surface area contributed by atoms with Gasteiger partial charge < -0.3 is 10.6 Å². The van der Waals surface area contributed by atoms with Gasteiger partial charge in [0.1, 0.15) is 0 Å². The molecule has 3 aromatic rings. The first kappa shape index (κ1) is 17.1. The van der Waals surface area contributed by atoms with Crippen LogP contribution in [0.15, 0.2) is 81.7 Å². The summed E-state index contributed by atoms with van der Waals surface area (Å²) in [4.78, 5) is 0. The van der Waals surface area contributed by atoms with Crippen LogP contribution in [0.4, 0.5) is 11.4 Å². The van der Waals surface area contributed by atoms with E-state index in [4.69, 9.17) is 0 Å². The lowest BCUT2D eigenvalue weighted by molar-refractivity contribution is 1.14. The Labute approximate surface area is 159 Å². The van der Waals surface area contributed by atoms with Gasteiger partial charge >= 0.3 is 0 Å². The molecule has 24 heavy (non-hydrogen) atoms. The Hall–Kier alpha value is -1.78. The predicted molar refractivity (Wildman–Crippen MR) is 109 cm³/mol. The Bertz CT molecular complexity index is 698. The zero-order valence-electron chi connectivity index (χ0n) is 13.1. The van der Waals surface area contributed by atoms with E-state index in [0.717, 1.165) is 33.4 Å². The van der Waals surface area contributed by atoms with Crippen molar-refractivity contribution in [2.75, 3.05) is 10.6 Å². The van der Waals surface area contributed by atoms with Crippen LogP contribution in [0.5, 0.6) is 0 Å². The predicted octanol–water partition coefficient (Wildman–Crippen LogP) is 6.44. The second kappa shape index (κ2) is 8.36. The van der Waals surface area contributed by atoms with Crippen LogP contribution in [0.1, 0.15) is 11.1 Å². The van der Waals surface area contributed by atoms with Crippen molar-refractivity contribution in [2.24, 2.45) is 0 Å². The molecule has 4 heteroatoms. The highest BCUT2D eigenvalue weighted by molar-refractivity contribution is 9.10. The van der Waals surface area contributed by atoms with Gasteiger partial charge in [-0.2, -0.15) is 0 Å². The number of nitrogens with one attached hydrogen (secondary N) is 2. The highest BCUT2D eigenvalue weighted by Gasteiger charge is 1.97. The molecular formula is C20H18Br2N2. The second-order valence-electron chi connectivity index (χ2n) is 5.54. The molecule has 0 bridgehead atoms. The van der Waals surface area contributed by atoms with Crippen molar-refractivity contribution in [2.45, 2.75) is 13.1 Å². The first-order valence-electron chi connectivity index (χ1n) is 7.76. The van der Waals surface area contributed by atoms with Crippen LogP contribution < -0.4 is 10.6 Å². The highest BCUT2D eigenvalue weighted by Crippen LogP contribution is 2.17. The van der Waals surface area contributed by atoms with Gasteiger partial charge in [-0.05, 0) is 59.7 Å². The van der Waals surface area contributed by atoms with E-state index >= 15 is 0 Å². The fourth-order valence-corrected chi connectivity index (χ4v) is 2.85. The number of rotatable bonds is 6. The summed E-state index contributed by atoms with van der Waals surface area (Å²) in [7, 11) is 0. The summed E-state index contributed by atoms with van der Waals surface area (Å²) in [6.07, 6.45) is 0. The third-order valence-electron chi connectivity index (χ3n) is 3.70. The lowest BCUT2D eigenvalue weighted by Crippen LogP contribution is -2.01. The standard InChI is InChI=1S/C20H18Br2N2/c21-17-5-1-15(2-6-17)13-23-19-9-11-20(12-10-19)24-14-16-3-7-18(22)8-4-16/h1-12,23-24H,13-14H2. The van der Waals surface area contributed by atoms with Gasteiger partial charge in [0.05, 0.1) is 0 Å². The normalized spacial score (nSPS) is 10.4. The number of hydrogen-bond acceptors (Lipinski definition) is 2.